The molecule has 2 aromatic rings. The topological polar surface area (TPSA) is 257 Å². The first-order chi connectivity index (χ1) is 27.5. The van der Waals surface area contributed by atoms with Crippen molar-refractivity contribution in [3.05, 3.63) is 71.8 Å². The standard InChI is InChI=1S/C37H55N7O7.C2HF3O2/c1-25(2)22-30(31(45)23-32(46)40-20-18-26-12-6-3-7-13-26)41-35(48)33(28-16-10-5-11-17-28)43-34(47)29(19-21-51-44-36(38)39)42-37(49)50-24-27-14-8-4-9-15-27;3-2(4,5)1(6)7/h3-4,6-9,12-15,25,28-31,33,45H,5,10-11,16-24H2,1-2H3,(H,40,46)(H,41,48)(H,42,49)(H,43,47)(H4,38,39,44);(H,6,7)/t29-,30-,31-,33-;/m0./s1. The molecular weight excluding hydrogens is 767 g/mol. The van der Waals surface area contributed by atoms with Crippen molar-refractivity contribution in [3.8, 4) is 0 Å². The largest absolute Gasteiger partial charge is 0.490 e. The summed E-state index contributed by atoms with van der Waals surface area (Å²) in [5.74, 6) is -4.56. The maximum Gasteiger partial charge on any atom is 0.490 e. The summed E-state index contributed by atoms with van der Waals surface area (Å²) in [5.41, 5.74) is 12.5. The van der Waals surface area contributed by atoms with Crippen molar-refractivity contribution in [3.63, 3.8) is 0 Å². The number of carbonyl (C=O) groups is 5. The average molecular weight is 824 g/mol. The normalized spacial score (nSPS) is 14.9. The number of aliphatic hydroxyl groups excluding tert-OH is 1. The minimum Gasteiger partial charge on any atom is -0.475 e. The van der Waals surface area contributed by atoms with E-state index in [4.69, 9.17) is 30.9 Å². The van der Waals surface area contributed by atoms with Gasteiger partial charge in [-0.1, -0.05) is 93.8 Å². The molecule has 4 amide bonds. The van der Waals surface area contributed by atoms with Crippen LogP contribution in [-0.2, 0) is 41.8 Å². The number of guanidine groups is 1. The van der Waals surface area contributed by atoms with Crippen LogP contribution < -0.4 is 32.7 Å². The summed E-state index contributed by atoms with van der Waals surface area (Å²) < 4.78 is 37.1. The van der Waals surface area contributed by atoms with E-state index in [-0.39, 0.29) is 49.8 Å². The molecule has 0 bridgehead atoms. The van der Waals surface area contributed by atoms with Crippen molar-refractivity contribution in [2.45, 2.75) is 109 Å². The number of rotatable bonds is 20. The fourth-order valence-corrected chi connectivity index (χ4v) is 6.07. The molecule has 16 nitrogen and oxygen atoms in total. The Morgan fingerprint density at radius 1 is 0.879 bits per heavy atom. The third kappa shape index (κ3) is 20.0. The van der Waals surface area contributed by atoms with Gasteiger partial charge in [0.15, 0.2) is 0 Å². The number of nitrogens with zero attached hydrogens (tertiary/aromatic N) is 1. The van der Waals surface area contributed by atoms with Crippen molar-refractivity contribution in [2.75, 3.05) is 13.2 Å². The lowest BCUT2D eigenvalue weighted by Gasteiger charge is -2.33. The number of aliphatic hydroxyl groups is 1. The number of carboxylic acids is 1. The quantitative estimate of drug-likeness (QED) is 0.0416. The Kier molecular flexibility index (Phi) is 21.4. The first kappa shape index (κ1) is 48.6. The van der Waals surface area contributed by atoms with E-state index in [1.165, 1.54) is 0 Å². The molecule has 19 heteroatoms. The number of amides is 4. The van der Waals surface area contributed by atoms with Gasteiger partial charge in [-0.3, -0.25) is 14.4 Å². The Labute approximate surface area is 335 Å². The fourth-order valence-electron chi connectivity index (χ4n) is 6.07. The maximum atomic E-state index is 14.0. The summed E-state index contributed by atoms with van der Waals surface area (Å²) in [6.45, 7) is 4.21. The van der Waals surface area contributed by atoms with Crippen LogP contribution in [0.25, 0.3) is 0 Å². The number of aliphatic carboxylic acids is 1. The number of alkyl carbamates (subject to hydrolysis) is 1. The molecule has 58 heavy (non-hydrogen) atoms. The van der Waals surface area contributed by atoms with Crippen molar-refractivity contribution in [1.29, 1.82) is 0 Å². The Bertz CT molecular complexity index is 1590. The van der Waals surface area contributed by atoms with E-state index in [1.54, 1.807) is 12.1 Å². The molecule has 3 rings (SSSR count). The van der Waals surface area contributed by atoms with Crippen LogP contribution in [0.5, 0.6) is 0 Å². The number of halogens is 3. The van der Waals surface area contributed by atoms with Gasteiger partial charge in [0.2, 0.25) is 23.7 Å². The highest BCUT2D eigenvalue weighted by atomic mass is 19.4. The predicted octanol–water partition coefficient (Wildman–Crippen LogP) is 3.22. The zero-order chi connectivity index (χ0) is 43.1. The van der Waals surface area contributed by atoms with E-state index >= 15 is 0 Å². The van der Waals surface area contributed by atoms with Crippen molar-refractivity contribution in [1.82, 2.24) is 21.3 Å². The molecule has 0 saturated heterocycles. The second-order valence-electron chi connectivity index (χ2n) is 14.2. The number of hydrogen-bond donors (Lipinski definition) is 8. The zero-order valence-electron chi connectivity index (χ0n) is 32.7. The van der Waals surface area contributed by atoms with Crippen LogP contribution in [0, 0.1) is 11.8 Å². The number of nitrogens with two attached hydrogens (primary N) is 2. The summed E-state index contributed by atoms with van der Waals surface area (Å²) >= 11 is 0. The van der Waals surface area contributed by atoms with Crippen LogP contribution in [0.3, 0.4) is 0 Å². The van der Waals surface area contributed by atoms with Crippen molar-refractivity contribution >= 4 is 35.7 Å². The lowest BCUT2D eigenvalue weighted by Crippen LogP contribution is -2.59. The maximum absolute atomic E-state index is 14.0. The molecule has 1 aliphatic carbocycles. The van der Waals surface area contributed by atoms with Crippen molar-refractivity contribution < 1.29 is 56.9 Å². The van der Waals surface area contributed by atoms with Crippen LogP contribution in [0.4, 0.5) is 18.0 Å². The summed E-state index contributed by atoms with van der Waals surface area (Å²) in [7, 11) is 0. The molecule has 0 heterocycles. The van der Waals surface area contributed by atoms with Crippen LogP contribution in [0.2, 0.25) is 0 Å². The lowest BCUT2D eigenvalue weighted by atomic mass is 9.83. The van der Waals surface area contributed by atoms with E-state index in [2.05, 4.69) is 26.4 Å². The highest BCUT2D eigenvalue weighted by Crippen LogP contribution is 2.27. The molecule has 1 saturated carbocycles. The summed E-state index contributed by atoms with van der Waals surface area (Å²) in [6, 6.07) is 16.0. The molecule has 1 aliphatic rings. The Morgan fingerprint density at radius 3 is 2.02 bits per heavy atom. The third-order valence-electron chi connectivity index (χ3n) is 8.92. The first-order valence-corrected chi connectivity index (χ1v) is 19.0. The number of oxime groups is 1. The molecular formula is C39H56F3N7O9. The number of benzene rings is 2. The van der Waals surface area contributed by atoms with Crippen LogP contribution in [0.15, 0.2) is 65.8 Å². The number of alkyl halides is 3. The highest BCUT2D eigenvalue weighted by molar-refractivity contribution is 5.91. The van der Waals surface area contributed by atoms with Gasteiger partial charge in [-0.05, 0) is 53.8 Å². The number of ether oxygens (including phenoxy) is 1. The second kappa shape index (κ2) is 25.6. The number of carbonyl (C=O) groups excluding carboxylic acids is 4. The van der Waals surface area contributed by atoms with Crippen LogP contribution >= 0.6 is 0 Å². The number of nitrogens with one attached hydrogen (secondary N) is 4. The lowest BCUT2D eigenvalue weighted by molar-refractivity contribution is -0.192. The Morgan fingerprint density at radius 2 is 1.47 bits per heavy atom. The van der Waals surface area contributed by atoms with Gasteiger partial charge in [0.05, 0.1) is 18.6 Å². The molecule has 10 N–H and O–H groups in total. The monoisotopic (exact) mass is 823 g/mol. The van der Waals surface area contributed by atoms with Gasteiger partial charge in [0.1, 0.15) is 25.3 Å². The SMILES string of the molecule is CC(C)C[C@H](NC(=O)[C@@H](NC(=O)[C@H](CCON=C(N)N)NC(=O)OCc1ccccc1)C1CCCCC1)[C@@H](O)CC(=O)NCCc1ccccc1.O=C(O)C(F)(F)F. The molecule has 4 atom stereocenters. The number of carboxylic acid groups (broad SMARTS) is 1. The van der Waals surface area contributed by atoms with E-state index in [0.29, 0.717) is 32.2 Å². The van der Waals surface area contributed by atoms with Gasteiger partial charge in [0.25, 0.3) is 0 Å². The summed E-state index contributed by atoms with van der Waals surface area (Å²) in [6.07, 6.45) is -2.00. The van der Waals surface area contributed by atoms with Gasteiger partial charge in [-0.15, -0.1) is 0 Å². The van der Waals surface area contributed by atoms with E-state index in [1.807, 2.05) is 62.4 Å². The molecule has 0 aliphatic heterocycles. The molecule has 2 aromatic carbocycles. The van der Waals surface area contributed by atoms with E-state index in [9.17, 15) is 37.5 Å². The van der Waals surface area contributed by atoms with Gasteiger partial charge < -0.3 is 52.5 Å². The molecule has 1 fully saturated rings. The van der Waals surface area contributed by atoms with Gasteiger partial charge in [-0.25, -0.2) is 9.59 Å². The Balaban J connectivity index is 0.00000151. The Hall–Kier alpha value is -5.59. The summed E-state index contributed by atoms with van der Waals surface area (Å²) in [5, 5.41) is 33.0. The van der Waals surface area contributed by atoms with Crippen LogP contribution in [-0.4, -0.2) is 89.5 Å². The molecule has 0 radical (unpaired) electrons. The second-order valence-corrected chi connectivity index (χ2v) is 14.2. The number of hydrogen-bond acceptors (Lipinski definition) is 9. The zero-order valence-corrected chi connectivity index (χ0v) is 32.7. The van der Waals surface area contributed by atoms with E-state index < -0.39 is 54.3 Å². The highest BCUT2D eigenvalue weighted by Gasteiger charge is 2.38. The minimum atomic E-state index is -5.08. The molecule has 322 valence electrons. The minimum absolute atomic E-state index is 0.0107. The van der Waals surface area contributed by atoms with Gasteiger partial charge >= 0.3 is 18.2 Å². The first-order valence-electron chi connectivity index (χ1n) is 19.0. The van der Waals surface area contributed by atoms with Gasteiger partial charge in [-0.2, -0.15) is 13.2 Å². The van der Waals surface area contributed by atoms with Gasteiger partial charge in [0, 0.05) is 13.0 Å². The third-order valence-corrected chi connectivity index (χ3v) is 8.92. The molecule has 0 unspecified atom stereocenters. The van der Waals surface area contributed by atoms with Crippen LogP contribution in [0.1, 0.15) is 76.3 Å². The van der Waals surface area contributed by atoms with Crippen molar-refractivity contribution in [2.24, 2.45) is 28.5 Å². The predicted molar refractivity (Wildman–Crippen MR) is 207 cm³/mol. The summed E-state index contributed by atoms with van der Waals surface area (Å²) in [4.78, 5) is 67.3. The van der Waals surface area contributed by atoms with E-state index in [0.717, 1.165) is 30.4 Å². The fraction of sp³-hybridized carbons (Fsp3) is 0.538. The average Bonchev–Trinajstić information content (AvgIpc) is 3.17. The smallest absolute Gasteiger partial charge is 0.475 e. The molecule has 0 aromatic heterocycles. The molecule has 0 spiro atoms.